The molecule has 0 aliphatic carbocycles. The Labute approximate surface area is 242 Å². The van der Waals surface area contributed by atoms with Gasteiger partial charge in [0.25, 0.3) is 5.91 Å². The smallest absolute Gasteiger partial charge is 0.262 e. The molecule has 40 heavy (non-hydrogen) atoms. The van der Waals surface area contributed by atoms with Gasteiger partial charge in [0.1, 0.15) is 5.75 Å². The normalized spacial score (nSPS) is 13.3. The van der Waals surface area contributed by atoms with Crippen molar-refractivity contribution in [3.63, 3.8) is 0 Å². The summed E-state index contributed by atoms with van der Waals surface area (Å²) in [5.41, 5.74) is 3.09. The van der Waals surface area contributed by atoms with E-state index >= 15 is 0 Å². The summed E-state index contributed by atoms with van der Waals surface area (Å²) in [7, 11) is -3.78. The molecular formula is C30H24Cl2N2O5S. The number of ether oxygens (including phenoxy) is 1. The Morgan fingerprint density at radius 1 is 0.875 bits per heavy atom. The van der Waals surface area contributed by atoms with E-state index in [-0.39, 0.29) is 39.2 Å². The van der Waals surface area contributed by atoms with Crippen LogP contribution in [0.4, 0.5) is 5.69 Å². The summed E-state index contributed by atoms with van der Waals surface area (Å²) >= 11 is 12.5. The first kappa shape index (κ1) is 27.9. The van der Waals surface area contributed by atoms with Gasteiger partial charge in [0, 0.05) is 29.2 Å². The highest BCUT2D eigenvalue weighted by atomic mass is 35.5. The van der Waals surface area contributed by atoms with Gasteiger partial charge in [-0.2, -0.15) is 4.31 Å². The van der Waals surface area contributed by atoms with E-state index in [0.717, 1.165) is 11.1 Å². The molecule has 1 amide bonds. The van der Waals surface area contributed by atoms with Gasteiger partial charge in [-0.15, -0.1) is 0 Å². The second-order valence-corrected chi connectivity index (χ2v) is 12.0. The van der Waals surface area contributed by atoms with Crippen molar-refractivity contribution in [3.05, 3.63) is 123 Å². The average molecular weight is 596 g/mol. The highest BCUT2D eigenvalue weighted by Gasteiger charge is 2.29. The molecule has 1 N–H and O–H groups in total. The van der Waals surface area contributed by atoms with Gasteiger partial charge in [0.2, 0.25) is 10.0 Å². The predicted molar refractivity (Wildman–Crippen MR) is 155 cm³/mol. The van der Waals surface area contributed by atoms with Gasteiger partial charge < -0.3 is 10.1 Å². The lowest BCUT2D eigenvalue weighted by atomic mass is 10.0. The zero-order valence-corrected chi connectivity index (χ0v) is 23.5. The van der Waals surface area contributed by atoms with Crippen molar-refractivity contribution in [1.82, 2.24) is 4.31 Å². The fraction of sp³-hybridized carbons (Fsp3) is 0.133. The average Bonchev–Trinajstić information content (AvgIpc) is 2.97. The number of hydrogen-bond donors (Lipinski definition) is 1. The number of carbonyl (C=O) groups is 2. The van der Waals surface area contributed by atoms with Crippen LogP contribution in [0.3, 0.4) is 0 Å². The molecule has 0 radical (unpaired) electrons. The molecule has 0 aromatic heterocycles. The molecule has 0 bridgehead atoms. The number of hydrogen-bond acceptors (Lipinski definition) is 5. The summed E-state index contributed by atoms with van der Waals surface area (Å²) < 4.78 is 33.5. The number of nitrogens with one attached hydrogen (secondary N) is 1. The van der Waals surface area contributed by atoms with Crippen molar-refractivity contribution in [2.75, 3.05) is 18.5 Å². The van der Waals surface area contributed by atoms with Gasteiger partial charge in [-0.1, -0.05) is 77.8 Å². The number of benzene rings is 4. The number of anilines is 1. The highest BCUT2D eigenvalue weighted by Crippen LogP contribution is 2.31. The van der Waals surface area contributed by atoms with E-state index in [4.69, 9.17) is 27.9 Å². The Morgan fingerprint density at radius 2 is 1.60 bits per heavy atom. The molecule has 0 spiro atoms. The van der Waals surface area contributed by atoms with Gasteiger partial charge in [0.05, 0.1) is 15.6 Å². The van der Waals surface area contributed by atoms with Crippen LogP contribution in [0.1, 0.15) is 27.0 Å². The molecule has 0 saturated heterocycles. The fourth-order valence-electron chi connectivity index (χ4n) is 4.47. The van der Waals surface area contributed by atoms with E-state index in [0.29, 0.717) is 23.6 Å². The summed E-state index contributed by atoms with van der Waals surface area (Å²) in [6.07, 6.45) is 0.631. The molecule has 5 rings (SSSR count). The molecule has 7 nitrogen and oxygen atoms in total. The van der Waals surface area contributed by atoms with Crippen LogP contribution < -0.4 is 10.1 Å². The second-order valence-electron chi connectivity index (χ2n) is 9.17. The van der Waals surface area contributed by atoms with Crippen LogP contribution in [-0.4, -0.2) is 37.6 Å². The van der Waals surface area contributed by atoms with E-state index in [1.165, 1.54) is 28.6 Å². The number of ketones is 1. The molecule has 4 aromatic carbocycles. The first-order valence-corrected chi connectivity index (χ1v) is 14.6. The van der Waals surface area contributed by atoms with Gasteiger partial charge in [-0.05, 0) is 53.9 Å². The number of rotatable bonds is 8. The minimum absolute atomic E-state index is 0.0407. The Balaban J connectivity index is 1.25. The first-order valence-electron chi connectivity index (χ1n) is 12.4. The molecule has 0 saturated carbocycles. The zero-order chi connectivity index (χ0) is 28.3. The van der Waals surface area contributed by atoms with Crippen molar-refractivity contribution < 1.29 is 22.7 Å². The maximum absolute atomic E-state index is 13.3. The Morgan fingerprint density at radius 3 is 2.35 bits per heavy atom. The maximum Gasteiger partial charge on any atom is 0.262 e. The molecule has 204 valence electrons. The molecule has 0 atom stereocenters. The first-order chi connectivity index (χ1) is 19.2. The van der Waals surface area contributed by atoms with Gasteiger partial charge in [0.15, 0.2) is 12.4 Å². The molecule has 0 fully saturated rings. The number of nitrogens with zero attached hydrogens (tertiary/aromatic N) is 1. The lowest BCUT2D eigenvalue weighted by molar-refractivity contribution is -0.118. The van der Waals surface area contributed by atoms with Gasteiger partial charge >= 0.3 is 0 Å². The summed E-state index contributed by atoms with van der Waals surface area (Å²) in [4.78, 5) is 25.7. The van der Waals surface area contributed by atoms with E-state index in [1.807, 2.05) is 24.3 Å². The summed E-state index contributed by atoms with van der Waals surface area (Å²) in [6.45, 7) is 0.235. The fourth-order valence-corrected chi connectivity index (χ4v) is 6.39. The third-order valence-corrected chi connectivity index (χ3v) is 8.90. The Kier molecular flexibility index (Phi) is 8.23. The lowest BCUT2D eigenvalue weighted by Gasteiger charge is -2.28. The van der Waals surface area contributed by atoms with E-state index in [9.17, 15) is 18.0 Å². The molecular weight excluding hydrogens is 571 g/mol. The molecule has 1 aliphatic rings. The van der Waals surface area contributed by atoms with Crippen LogP contribution in [0.25, 0.3) is 0 Å². The van der Waals surface area contributed by atoms with Crippen LogP contribution in [0.5, 0.6) is 5.75 Å². The van der Waals surface area contributed by atoms with Crippen molar-refractivity contribution in [1.29, 1.82) is 0 Å². The van der Waals surface area contributed by atoms with E-state index < -0.39 is 22.5 Å². The van der Waals surface area contributed by atoms with Crippen molar-refractivity contribution in [2.45, 2.75) is 17.9 Å². The third-order valence-electron chi connectivity index (χ3n) is 6.53. The monoisotopic (exact) mass is 594 g/mol. The van der Waals surface area contributed by atoms with Crippen LogP contribution in [0.2, 0.25) is 10.0 Å². The van der Waals surface area contributed by atoms with E-state index in [1.54, 1.807) is 42.5 Å². The number of sulfonamides is 1. The van der Waals surface area contributed by atoms with Gasteiger partial charge in [-0.3, -0.25) is 9.59 Å². The SMILES string of the molecule is O=C(COc1ccc(S(=O)(=O)N2CCc3ccccc3C2)cc1Cl)Nc1ccc(Cl)cc1C(=O)c1ccccc1. The molecule has 0 unspecified atom stereocenters. The van der Waals surface area contributed by atoms with Crippen LogP contribution in [0.15, 0.2) is 95.9 Å². The van der Waals surface area contributed by atoms with Crippen molar-refractivity contribution >= 4 is 50.6 Å². The van der Waals surface area contributed by atoms with Gasteiger partial charge in [-0.25, -0.2) is 8.42 Å². The van der Waals surface area contributed by atoms with Crippen LogP contribution in [0, 0.1) is 0 Å². The lowest BCUT2D eigenvalue weighted by Crippen LogP contribution is -2.35. The number of fused-ring (bicyclic) bond motifs is 1. The molecule has 1 aliphatic heterocycles. The van der Waals surface area contributed by atoms with Crippen molar-refractivity contribution in [2.24, 2.45) is 0 Å². The minimum atomic E-state index is -3.78. The number of amides is 1. The largest absolute Gasteiger partial charge is 0.482 e. The second kappa shape index (κ2) is 11.8. The summed E-state index contributed by atoms with van der Waals surface area (Å²) in [5, 5.41) is 3.08. The molecule has 4 aromatic rings. The number of halogens is 2. The standard InChI is InChI=1S/C30H24Cl2N2O5S/c31-23-10-12-27(25(16-23)30(36)21-7-2-1-3-8-21)33-29(35)19-39-28-13-11-24(17-26(28)32)40(37,38)34-15-14-20-6-4-5-9-22(20)18-34/h1-13,16-17H,14-15,18-19H2,(H,33,35). The van der Waals surface area contributed by atoms with Crippen molar-refractivity contribution in [3.8, 4) is 5.75 Å². The molecule has 1 heterocycles. The minimum Gasteiger partial charge on any atom is -0.482 e. The van der Waals surface area contributed by atoms with Crippen LogP contribution in [-0.2, 0) is 27.8 Å². The predicted octanol–water partition coefficient (Wildman–Crippen LogP) is 5.99. The van der Waals surface area contributed by atoms with E-state index in [2.05, 4.69) is 5.32 Å². The summed E-state index contributed by atoms with van der Waals surface area (Å²) in [5.74, 6) is -0.683. The zero-order valence-electron chi connectivity index (χ0n) is 21.1. The highest BCUT2D eigenvalue weighted by molar-refractivity contribution is 7.89. The topological polar surface area (TPSA) is 92.8 Å². The quantitative estimate of drug-likeness (QED) is 0.253. The Bertz CT molecular complexity index is 1690. The maximum atomic E-state index is 13.3. The molecule has 10 heteroatoms. The third kappa shape index (κ3) is 6.05. The Hall–Kier alpha value is -3.69. The number of carbonyl (C=O) groups excluding carboxylic acids is 2. The van der Waals surface area contributed by atoms with Crippen LogP contribution >= 0.6 is 23.2 Å². The summed E-state index contributed by atoms with van der Waals surface area (Å²) in [6, 6.07) is 25.2.